The van der Waals surface area contributed by atoms with Crippen LogP contribution in [0, 0.1) is 18.6 Å². The summed E-state index contributed by atoms with van der Waals surface area (Å²) in [4.78, 5) is 22.3. The first-order valence-electron chi connectivity index (χ1n) is 5.72. The van der Waals surface area contributed by atoms with E-state index in [0.29, 0.717) is 0 Å². The summed E-state index contributed by atoms with van der Waals surface area (Å²) in [5.41, 5.74) is -0.525. The smallest absolute Gasteiger partial charge is 0.326 e. The van der Waals surface area contributed by atoms with Gasteiger partial charge in [0.25, 0.3) is 0 Å². The van der Waals surface area contributed by atoms with Crippen LogP contribution in [0.5, 0.6) is 0 Å². The van der Waals surface area contributed by atoms with E-state index in [-0.39, 0.29) is 12.0 Å². The van der Waals surface area contributed by atoms with E-state index in [1.54, 1.807) is 0 Å². The molecular formula is C12H14F2N2O4. The Labute approximate surface area is 113 Å². The zero-order chi connectivity index (χ0) is 15.3. The number of aliphatic carboxylic acids is 1. The van der Waals surface area contributed by atoms with Gasteiger partial charge in [0.15, 0.2) is 5.82 Å². The molecule has 1 rings (SSSR count). The number of benzene rings is 1. The highest BCUT2D eigenvalue weighted by Gasteiger charge is 2.21. The number of aryl methyl sites for hydroxylation is 1. The van der Waals surface area contributed by atoms with Crippen molar-refractivity contribution in [2.45, 2.75) is 19.4 Å². The van der Waals surface area contributed by atoms with Gasteiger partial charge in [-0.1, -0.05) is 6.07 Å². The van der Waals surface area contributed by atoms with Gasteiger partial charge in [0, 0.05) is 13.0 Å². The number of halogens is 2. The second-order valence-electron chi connectivity index (χ2n) is 4.05. The molecule has 1 aromatic carbocycles. The van der Waals surface area contributed by atoms with Gasteiger partial charge in [0.1, 0.15) is 17.5 Å². The van der Waals surface area contributed by atoms with Gasteiger partial charge in [0.2, 0.25) is 0 Å². The van der Waals surface area contributed by atoms with Crippen LogP contribution in [0.3, 0.4) is 0 Å². The third-order valence-electron chi connectivity index (χ3n) is 2.54. The number of aliphatic hydroxyl groups is 1. The molecule has 2 amide bonds. The van der Waals surface area contributed by atoms with E-state index < -0.39 is 42.0 Å². The Morgan fingerprint density at radius 3 is 2.55 bits per heavy atom. The minimum atomic E-state index is -1.36. The van der Waals surface area contributed by atoms with Crippen LogP contribution in [0.15, 0.2) is 12.1 Å². The van der Waals surface area contributed by atoms with E-state index in [1.807, 2.05) is 10.6 Å². The molecule has 0 spiro atoms. The van der Waals surface area contributed by atoms with Gasteiger partial charge in [-0.15, -0.1) is 0 Å². The van der Waals surface area contributed by atoms with Crippen molar-refractivity contribution in [2.24, 2.45) is 0 Å². The lowest BCUT2D eigenvalue weighted by Crippen LogP contribution is -2.43. The van der Waals surface area contributed by atoms with E-state index in [1.165, 1.54) is 13.0 Å². The fourth-order valence-electron chi connectivity index (χ4n) is 1.47. The number of hydrogen-bond acceptors (Lipinski definition) is 3. The second kappa shape index (κ2) is 6.80. The number of amides is 2. The van der Waals surface area contributed by atoms with Crippen molar-refractivity contribution in [3.63, 3.8) is 0 Å². The largest absolute Gasteiger partial charge is 0.480 e. The summed E-state index contributed by atoms with van der Waals surface area (Å²) in [6.45, 7) is 0.939. The van der Waals surface area contributed by atoms with Gasteiger partial charge in [-0.05, 0) is 18.6 Å². The lowest BCUT2D eigenvalue weighted by atomic mass is 10.2. The highest BCUT2D eigenvalue weighted by molar-refractivity contribution is 5.92. The quantitative estimate of drug-likeness (QED) is 0.655. The molecule has 4 N–H and O–H groups in total. The second-order valence-corrected chi connectivity index (χ2v) is 4.05. The SMILES string of the molecule is Cc1ccc(F)c(NC(=O)NC(CCO)C(=O)O)c1F. The average Bonchev–Trinajstić information content (AvgIpc) is 2.38. The summed E-state index contributed by atoms with van der Waals surface area (Å²) in [6, 6.07) is -0.235. The number of carbonyl (C=O) groups excluding carboxylic acids is 1. The molecule has 0 radical (unpaired) electrons. The monoisotopic (exact) mass is 288 g/mol. The van der Waals surface area contributed by atoms with E-state index in [9.17, 15) is 18.4 Å². The van der Waals surface area contributed by atoms with E-state index in [4.69, 9.17) is 10.2 Å². The van der Waals surface area contributed by atoms with Gasteiger partial charge >= 0.3 is 12.0 Å². The number of urea groups is 1. The number of nitrogens with one attached hydrogen (secondary N) is 2. The highest BCUT2D eigenvalue weighted by atomic mass is 19.1. The van der Waals surface area contributed by atoms with Crippen LogP contribution in [0.1, 0.15) is 12.0 Å². The molecule has 8 heteroatoms. The molecule has 0 saturated heterocycles. The number of carboxylic acid groups (broad SMARTS) is 1. The Morgan fingerprint density at radius 1 is 1.35 bits per heavy atom. The molecule has 0 saturated carbocycles. The molecule has 1 atom stereocenters. The third-order valence-corrected chi connectivity index (χ3v) is 2.54. The van der Waals surface area contributed by atoms with Crippen LogP contribution in [-0.2, 0) is 4.79 Å². The summed E-state index contributed by atoms with van der Waals surface area (Å²) < 4.78 is 27.0. The van der Waals surface area contributed by atoms with Crippen LogP contribution in [0.25, 0.3) is 0 Å². The van der Waals surface area contributed by atoms with Crippen LogP contribution >= 0.6 is 0 Å². The standard InChI is InChI=1S/C12H14F2N2O4/c1-6-2-3-7(13)10(9(6)14)16-12(20)15-8(4-5-17)11(18)19/h2-3,8,17H,4-5H2,1H3,(H,18,19)(H2,15,16,20). The maximum absolute atomic E-state index is 13.6. The molecule has 0 aliphatic rings. The maximum atomic E-state index is 13.6. The Balaban J connectivity index is 2.81. The highest BCUT2D eigenvalue weighted by Crippen LogP contribution is 2.21. The minimum Gasteiger partial charge on any atom is -0.480 e. The molecule has 1 unspecified atom stereocenters. The first-order chi connectivity index (χ1) is 9.36. The lowest BCUT2D eigenvalue weighted by molar-refractivity contribution is -0.139. The van der Waals surface area contributed by atoms with Crippen molar-refractivity contribution in [1.29, 1.82) is 0 Å². The van der Waals surface area contributed by atoms with Crippen molar-refractivity contribution in [2.75, 3.05) is 11.9 Å². The normalized spacial score (nSPS) is 11.8. The predicted octanol–water partition coefficient (Wildman–Crippen LogP) is 1.23. The third kappa shape index (κ3) is 3.89. The number of carboxylic acids is 1. The van der Waals surface area contributed by atoms with Crippen LogP contribution in [0.4, 0.5) is 19.3 Å². The average molecular weight is 288 g/mol. The summed E-state index contributed by atoms with van der Waals surface area (Å²) in [5, 5.41) is 21.3. The molecule has 0 heterocycles. The molecule has 110 valence electrons. The Morgan fingerprint density at radius 2 is 2.00 bits per heavy atom. The summed E-state index contributed by atoms with van der Waals surface area (Å²) in [5.74, 6) is -3.27. The van der Waals surface area contributed by atoms with Crippen LogP contribution in [0.2, 0.25) is 0 Å². The van der Waals surface area contributed by atoms with Crippen molar-refractivity contribution < 1.29 is 28.6 Å². The predicted molar refractivity (Wildman–Crippen MR) is 66.4 cm³/mol. The fraction of sp³-hybridized carbons (Fsp3) is 0.333. The number of carbonyl (C=O) groups is 2. The van der Waals surface area contributed by atoms with Crippen LogP contribution < -0.4 is 10.6 Å². The Hall–Kier alpha value is -2.22. The van der Waals surface area contributed by atoms with Gasteiger partial charge in [-0.25, -0.2) is 18.4 Å². The van der Waals surface area contributed by atoms with Crippen molar-refractivity contribution in [3.05, 3.63) is 29.3 Å². The summed E-state index contributed by atoms with van der Waals surface area (Å²) in [6.07, 6.45) is -0.221. The Bertz CT molecular complexity index is 522. The van der Waals surface area contributed by atoms with Gasteiger partial charge in [-0.2, -0.15) is 0 Å². The molecule has 0 fully saturated rings. The minimum absolute atomic E-state index is 0.131. The molecule has 0 aromatic heterocycles. The molecule has 1 aromatic rings. The number of rotatable bonds is 5. The molecule has 0 aliphatic carbocycles. The summed E-state index contributed by atoms with van der Waals surface area (Å²) in [7, 11) is 0. The number of anilines is 1. The zero-order valence-corrected chi connectivity index (χ0v) is 10.6. The van der Waals surface area contributed by atoms with E-state index >= 15 is 0 Å². The summed E-state index contributed by atoms with van der Waals surface area (Å²) >= 11 is 0. The Kier molecular flexibility index (Phi) is 5.39. The van der Waals surface area contributed by atoms with E-state index in [0.717, 1.165) is 6.07 Å². The zero-order valence-electron chi connectivity index (χ0n) is 10.6. The molecule has 20 heavy (non-hydrogen) atoms. The molecule has 0 aliphatic heterocycles. The van der Waals surface area contributed by atoms with Crippen LogP contribution in [-0.4, -0.2) is 34.9 Å². The van der Waals surface area contributed by atoms with Gasteiger partial charge < -0.3 is 20.8 Å². The number of aliphatic hydroxyl groups excluding tert-OH is 1. The van der Waals surface area contributed by atoms with Crippen molar-refractivity contribution in [1.82, 2.24) is 5.32 Å². The van der Waals surface area contributed by atoms with Gasteiger partial charge in [0.05, 0.1) is 0 Å². The topological polar surface area (TPSA) is 98.7 Å². The lowest BCUT2D eigenvalue weighted by Gasteiger charge is -2.15. The maximum Gasteiger partial charge on any atom is 0.326 e. The first-order valence-corrected chi connectivity index (χ1v) is 5.72. The van der Waals surface area contributed by atoms with Crippen molar-refractivity contribution in [3.8, 4) is 0 Å². The van der Waals surface area contributed by atoms with Crippen molar-refractivity contribution >= 4 is 17.7 Å². The molecule has 6 nitrogen and oxygen atoms in total. The first kappa shape index (κ1) is 15.8. The number of hydrogen-bond donors (Lipinski definition) is 4. The molecular weight excluding hydrogens is 274 g/mol. The van der Waals surface area contributed by atoms with E-state index in [2.05, 4.69) is 0 Å². The van der Waals surface area contributed by atoms with Gasteiger partial charge in [-0.3, -0.25) is 0 Å². The fourth-order valence-corrected chi connectivity index (χ4v) is 1.47. The molecule has 0 bridgehead atoms.